The summed E-state index contributed by atoms with van der Waals surface area (Å²) in [4.78, 5) is 3.68. The van der Waals surface area contributed by atoms with Crippen molar-refractivity contribution in [3.8, 4) is 5.75 Å². The van der Waals surface area contributed by atoms with E-state index < -0.39 is 11.7 Å². The maximum atomic E-state index is 12.5. The predicted molar refractivity (Wildman–Crippen MR) is 97.7 cm³/mol. The number of hydrogen-bond acceptors (Lipinski definition) is 4. The Hall–Kier alpha value is -3.35. The van der Waals surface area contributed by atoms with Gasteiger partial charge in [0.2, 0.25) is 0 Å². The zero-order chi connectivity index (χ0) is 19.1. The van der Waals surface area contributed by atoms with Gasteiger partial charge in [-0.05, 0) is 47.5 Å². The van der Waals surface area contributed by atoms with Crippen LogP contribution in [0.4, 0.5) is 19.0 Å². The minimum absolute atomic E-state index is 0.224. The smallest absolute Gasteiger partial charge is 0.417 e. The van der Waals surface area contributed by atoms with Crippen molar-refractivity contribution < 1.29 is 17.9 Å². The Morgan fingerprint density at radius 2 is 1.70 bits per heavy atom. The van der Waals surface area contributed by atoms with E-state index in [9.17, 15) is 13.2 Å². The molecule has 0 fully saturated rings. The molecule has 0 saturated carbocycles. The molecule has 27 heavy (non-hydrogen) atoms. The summed E-state index contributed by atoms with van der Waals surface area (Å²) in [6.45, 7) is 0.482. The highest BCUT2D eigenvalue weighted by Gasteiger charge is 2.30. The molecule has 1 N–H and O–H groups in total. The minimum Gasteiger partial charge on any atom is -0.489 e. The van der Waals surface area contributed by atoms with Gasteiger partial charge in [-0.15, -0.1) is 0 Å². The molecule has 2 aromatic carbocycles. The Balaban J connectivity index is 1.52. The van der Waals surface area contributed by atoms with Gasteiger partial charge in [0.25, 0.3) is 0 Å². The second-order valence-corrected chi connectivity index (χ2v) is 5.64. The molecule has 7 heteroatoms. The molecule has 0 unspecified atom stereocenters. The molecule has 0 aliphatic rings. The van der Waals surface area contributed by atoms with Gasteiger partial charge in [-0.2, -0.15) is 18.3 Å². The van der Waals surface area contributed by atoms with Crippen LogP contribution in [0.5, 0.6) is 5.75 Å². The van der Waals surface area contributed by atoms with Crippen molar-refractivity contribution in [2.24, 2.45) is 5.10 Å². The number of nitrogens with zero attached hydrogens (tertiary/aromatic N) is 2. The van der Waals surface area contributed by atoms with Gasteiger partial charge < -0.3 is 4.74 Å². The molecule has 0 radical (unpaired) electrons. The van der Waals surface area contributed by atoms with Crippen molar-refractivity contribution in [2.75, 3.05) is 5.43 Å². The number of halogens is 3. The molecular formula is C20H16F3N3O. The van der Waals surface area contributed by atoms with Crippen molar-refractivity contribution in [3.05, 3.63) is 89.6 Å². The third-order valence-electron chi connectivity index (χ3n) is 3.61. The maximum absolute atomic E-state index is 12.5. The third-order valence-corrected chi connectivity index (χ3v) is 3.61. The highest BCUT2D eigenvalue weighted by atomic mass is 19.4. The van der Waals surface area contributed by atoms with Crippen molar-refractivity contribution in [1.29, 1.82) is 0 Å². The summed E-state index contributed by atoms with van der Waals surface area (Å²) in [5, 5.41) is 3.97. The number of aromatic nitrogens is 1. The van der Waals surface area contributed by atoms with Crippen LogP contribution in [-0.4, -0.2) is 11.2 Å². The van der Waals surface area contributed by atoms with E-state index in [2.05, 4.69) is 15.5 Å². The van der Waals surface area contributed by atoms with Gasteiger partial charge in [0.05, 0.1) is 11.8 Å². The minimum atomic E-state index is -4.40. The zero-order valence-corrected chi connectivity index (χ0v) is 14.1. The van der Waals surface area contributed by atoms with Crippen molar-refractivity contribution in [3.63, 3.8) is 0 Å². The predicted octanol–water partition coefficient (Wildman–Crippen LogP) is 5.13. The summed E-state index contributed by atoms with van der Waals surface area (Å²) in [7, 11) is 0. The van der Waals surface area contributed by atoms with Crippen molar-refractivity contribution >= 4 is 12.0 Å². The molecule has 138 valence electrons. The average molecular weight is 371 g/mol. The van der Waals surface area contributed by atoms with Gasteiger partial charge in [-0.1, -0.05) is 30.3 Å². The summed E-state index contributed by atoms with van der Waals surface area (Å²) in [6.07, 6.45) is -2.10. The lowest BCUT2D eigenvalue weighted by Crippen LogP contribution is -2.05. The number of hydrazone groups is 1. The number of pyridine rings is 1. The van der Waals surface area contributed by atoms with E-state index >= 15 is 0 Å². The molecule has 1 heterocycles. The van der Waals surface area contributed by atoms with Crippen LogP contribution < -0.4 is 10.2 Å². The number of nitrogens with one attached hydrogen (secondary N) is 1. The molecule has 3 rings (SSSR count). The van der Waals surface area contributed by atoms with Gasteiger partial charge in [0.1, 0.15) is 18.2 Å². The Kier molecular flexibility index (Phi) is 5.71. The quantitative estimate of drug-likeness (QED) is 0.483. The average Bonchev–Trinajstić information content (AvgIpc) is 2.68. The number of ether oxygens (including phenoxy) is 1. The van der Waals surface area contributed by atoms with Gasteiger partial charge in [-0.25, -0.2) is 4.98 Å². The fraction of sp³-hybridized carbons (Fsp3) is 0.100. The first-order chi connectivity index (χ1) is 13.0. The standard InChI is InChI=1S/C20H16F3N3O/c21-20(22,23)17-8-11-19(24-13-17)26-25-12-15-6-9-18(10-7-15)27-14-16-4-2-1-3-5-16/h1-13H,14H2,(H,24,26). The van der Waals surface area contributed by atoms with E-state index in [1.54, 1.807) is 6.21 Å². The summed E-state index contributed by atoms with van der Waals surface area (Å²) in [5.41, 5.74) is 3.68. The van der Waals surface area contributed by atoms with Crippen molar-refractivity contribution in [2.45, 2.75) is 12.8 Å². The molecule has 0 bridgehead atoms. The van der Waals surface area contributed by atoms with E-state index in [1.807, 2.05) is 54.6 Å². The first kappa shape index (κ1) is 18.4. The molecule has 3 aromatic rings. The van der Waals surface area contributed by atoms with Crippen LogP contribution >= 0.6 is 0 Å². The molecule has 1 aromatic heterocycles. The Labute approximate surface area is 154 Å². The molecule has 0 spiro atoms. The number of alkyl halides is 3. The van der Waals surface area contributed by atoms with E-state index in [4.69, 9.17) is 4.74 Å². The summed E-state index contributed by atoms with van der Waals surface area (Å²) in [6, 6.07) is 19.3. The number of hydrogen-bond donors (Lipinski definition) is 1. The number of anilines is 1. The van der Waals surface area contributed by atoms with Crippen LogP contribution in [0.2, 0.25) is 0 Å². The second kappa shape index (κ2) is 8.35. The van der Waals surface area contributed by atoms with Crippen LogP contribution in [0.3, 0.4) is 0 Å². The highest BCUT2D eigenvalue weighted by Crippen LogP contribution is 2.28. The third kappa shape index (κ3) is 5.57. The van der Waals surface area contributed by atoms with E-state index in [0.29, 0.717) is 6.61 Å². The summed E-state index contributed by atoms with van der Waals surface area (Å²) >= 11 is 0. The molecule has 0 aliphatic carbocycles. The topological polar surface area (TPSA) is 46.5 Å². The molecule has 0 saturated heterocycles. The summed E-state index contributed by atoms with van der Waals surface area (Å²) in [5.74, 6) is 0.954. The highest BCUT2D eigenvalue weighted by molar-refractivity contribution is 5.80. The molecule has 4 nitrogen and oxygen atoms in total. The van der Waals surface area contributed by atoms with Crippen LogP contribution in [0.1, 0.15) is 16.7 Å². The van der Waals surface area contributed by atoms with Gasteiger partial charge >= 0.3 is 6.18 Å². The maximum Gasteiger partial charge on any atom is 0.417 e. The van der Waals surface area contributed by atoms with Crippen LogP contribution in [-0.2, 0) is 12.8 Å². The molecule has 0 amide bonds. The van der Waals surface area contributed by atoms with Gasteiger partial charge in [0, 0.05) is 6.20 Å². The zero-order valence-electron chi connectivity index (χ0n) is 14.1. The fourth-order valence-corrected chi connectivity index (χ4v) is 2.19. The van der Waals surface area contributed by atoms with Gasteiger partial charge in [-0.3, -0.25) is 5.43 Å². The van der Waals surface area contributed by atoms with Crippen LogP contribution in [0, 0.1) is 0 Å². The van der Waals surface area contributed by atoms with Crippen LogP contribution in [0.15, 0.2) is 78.0 Å². The Morgan fingerprint density at radius 3 is 2.33 bits per heavy atom. The van der Waals surface area contributed by atoms with Gasteiger partial charge in [0.15, 0.2) is 0 Å². The lowest BCUT2D eigenvalue weighted by molar-refractivity contribution is -0.137. The molecular weight excluding hydrogens is 355 g/mol. The Bertz CT molecular complexity index is 877. The first-order valence-corrected chi connectivity index (χ1v) is 8.10. The lowest BCUT2D eigenvalue weighted by Gasteiger charge is -2.07. The monoisotopic (exact) mass is 371 g/mol. The largest absolute Gasteiger partial charge is 0.489 e. The van der Waals surface area contributed by atoms with E-state index in [0.717, 1.165) is 29.1 Å². The normalized spacial score (nSPS) is 11.5. The Morgan fingerprint density at radius 1 is 0.963 bits per heavy atom. The molecule has 0 aliphatic heterocycles. The number of rotatable bonds is 6. The van der Waals surface area contributed by atoms with E-state index in [-0.39, 0.29) is 5.82 Å². The van der Waals surface area contributed by atoms with E-state index in [1.165, 1.54) is 6.07 Å². The SMILES string of the molecule is FC(F)(F)c1ccc(NN=Cc2ccc(OCc3ccccc3)cc2)nc1. The lowest BCUT2D eigenvalue weighted by atomic mass is 10.2. The molecule has 0 atom stereocenters. The number of benzene rings is 2. The summed E-state index contributed by atoms with van der Waals surface area (Å²) < 4.78 is 43.1. The van der Waals surface area contributed by atoms with Crippen LogP contribution in [0.25, 0.3) is 0 Å². The fourth-order valence-electron chi connectivity index (χ4n) is 2.19. The first-order valence-electron chi connectivity index (χ1n) is 8.10. The van der Waals surface area contributed by atoms with Crippen molar-refractivity contribution in [1.82, 2.24) is 4.98 Å². The second-order valence-electron chi connectivity index (χ2n) is 5.64.